The van der Waals surface area contributed by atoms with Gasteiger partial charge in [0.05, 0.1) is 28.8 Å². The summed E-state index contributed by atoms with van der Waals surface area (Å²) in [7, 11) is 0. The summed E-state index contributed by atoms with van der Waals surface area (Å²) in [6.45, 7) is 1.48. The molecule has 0 aliphatic heterocycles. The summed E-state index contributed by atoms with van der Waals surface area (Å²) in [5.41, 5.74) is -2.51. The van der Waals surface area contributed by atoms with Crippen molar-refractivity contribution in [1.29, 1.82) is 0 Å². The second-order valence-electron chi connectivity index (χ2n) is 8.98. The van der Waals surface area contributed by atoms with Crippen LogP contribution in [0.1, 0.15) is 34.0 Å². The van der Waals surface area contributed by atoms with Gasteiger partial charge in [-0.1, -0.05) is 36.4 Å². The normalized spacial score (nSPS) is 12.1. The van der Waals surface area contributed by atoms with Gasteiger partial charge in [-0.25, -0.2) is 0 Å². The van der Waals surface area contributed by atoms with Crippen molar-refractivity contribution in [3.8, 4) is 11.5 Å². The van der Waals surface area contributed by atoms with Gasteiger partial charge in [-0.05, 0) is 54.1 Å². The zero-order valence-corrected chi connectivity index (χ0v) is 21.3. The summed E-state index contributed by atoms with van der Waals surface area (Å²) in [5.74, 6) is 0.132. The molecule has 1 aromatic heterocycles. The van der Waals surface area contributed by atoms with E-state index in [1.54, 1.807) is 31.2 Å². The molecule has 6 nitrogen and oxygen atoms in total. The number of nitrogens with one attached hydrogen (secondary N) is 2. The highest BCUT2D eigenvalue weighted by Crippen LogP contribution is 2.38. The van der Waals surface area contributed by atoms with E-state index in [0.717, 1.165) is 11.5 Å². The smallest absolute Gasteiger partial charge is 0.416 e. The molecule has 0 unspecified atom stereocenters. The maximum atomic E-state index is 13.5. The fourth-order valence-electron chi connectivity index (χ4n) is 4.41. The Kier molecular flexibility index (Phi) is 7.24. The minimum Gasteiger partial charge on any atom is -0.493 e. The molecule has 1 heterocycles. The molecule has 41 heavy (non-hydrogen) atoms. The number of hydrogen-bond donors (Lipinski definition) is 2. The van der Waals surface area contributed by atoms with E-state index in [9.17, 15) is 31.1 Å². The van der Waals surface area contributed by atoms with E-state index >= 15 is 0 Å². The number of aromatic nitrogens is 2. The first-order chi connectivity index (χ1) is 19.5. The number of anilines is 1. The molecule has 0 aliphatic rings. The van der Waals surface area contributed by atoms with Crippen LogP contribution in [0.5, 0.6) is 11.5 Å². The number of benzene rings is 4. The monoisotopic (exact) mass is 573 g/mol. The van der Waals surface area contributed by atoms with Gasteiger partial charge in [0.1, 0.15) is 18.1 Å². The molecule has 0 aliphatic carbocycles. The van der Waals surface area contributed by atoms with Crippen LogP contribution in [0.2, 0.25) is 0 Å². The van der Waals surface area contributed by atoms with Crippen molar-refractivity contribution >= 4 is 33.4 Å². The van der Waals surface area contributed by atoms with E-state index in [2.05, 4.69) is 15.5 Å². The van der Waals surface area contributed by atoms with Gasteiger partial charge in [0.15, 0.2) is 5.82 Å². The van der Waals surface area contributed by atoms with Crippen molar-refractivity contribution in [3.63, 3.8) is 0 Å². The van der Waals surface area contributed by atoms with Crippen LogP contribution in [-0.4, -0.2) is 22.7 Å². The lowest BCUT2D eigenvalue weighted by Gasteiger charge is -2.16. The Morgan fingerprint density at radius 1 is 0.878 bits per heavy atom. The van der Waals surface area contributed by atoms with Crippen LogP contribution in [0.25, 0.3) is 21.7 Å². The van der Waals surface area contributed by atoms with E-state index in [-0.39, 0.29) is 17.6 Å². The van der Waals surface area contributed by atoms with Gasteiger partial charge in [-0.15, -0.1) is 0 Å². The van der Waals surface area contributed by atoms with Gasteiger partial charge >= 0.3 is 12.4 Å². The topological polar surface area (TPSA) is 76.2 Å². The van der Waals surface area contributed by atoms with E-state index in [4.69, 9.17) is 9.47 Å². The zero-order valence-electron chi connectivity index (χ0n) is 21.3. The van der Waals surface area contributed by atoms with Crippen LogP contribution in [0.15, 0.2) is 72.8 Å². The molecule has 0 saturated heterocycles. The molecular weight excluding hydrogens is 552 g/mol. The van der Waals surface area contributed by atoms with Crippen molar-refractivity contribution in [2.45, 2.75) is 25.9 Å². The molecule has 1 amide bonds. The number of amides is 1. The molecule has 0 fully saturated rings. The molecule has 5 aromatic rings. The van der Waals surface area contributed by atoms with E-state index in [1.807, 2.05) is 18.2 Å². The Balaban J connectivity index is 1.42. The number of nitrogens with zero attached hydrogens (tertiary/aromatic N) is 1. The SMILES string of the molecule is CCOc1ccc2ccccc2c1C(=O)Nc1n[nH]c2ccc(OCc3ccc(C(F)(F)F)cc3C(F)(F)F)cc12. The zero-order chi connectivity index (χ0) is 29.4. The number of alkyl halides is 6. The summed E-state index contributed by atoms with van der Waals surface area (Å²) in [6.07, 6.45) is -9.95. The van der Waals surface area contributed by atoms with Crippen LogP contribution in [0.3, 0.4) is 0 Å². The van der Waals surface area contributed by atoms with Gasteiger partial charge in [0.25, 0.3) is 5.91 Å². The Morgan fingerprint density at radius 2 is 1.66 bits per heavy atom. The average Bonchev–Trinajstić information content (AvgIpc) is 3.32. The molecule has 5 rings (SSSR count). The number of hydrogen-bond acceptors (Lipinski definition) is 4. The van der Waals surface area contributed by atoms with Crippen LogP contribution >= 0.6 is 0 Å². The van der Waals surface area contributed by atoms with E-state index in [0.29, 0.717) is 40.3 Å². The summed E-state index contributed by atoms with van der Waals surface area (Å²) in [6, 6.07) is 16.7. The highest BCUT2D eigenvalue weighted by Gasteiger charge is 2.38. The number of carbonyl (C=O) groups is 1. The lowest BCUT2D eigenvalue weighted by Crippen LogP contribution is -2.15. The maximum absolute atomic E-state index is 13.5. The van der Waals surface area contributed by atoms with Gasteiger partial charge in [-0.3, -0.25) is 9.89 Å². The van der Waals surface area contributed by atoms with Gasteiger partial charge in [0, 0.05) is 10.9 Å². The van der Waals surface area contributed by atoms with E-state index < -0.39 is 41.6 Å². The molecular formula is C29H21F6N3O3. The first-order valence-electron chi connectivity index (χ1n) is 12.3. The third-order valence-corrected chi connectivity index (χ3v) is 6.32. The van der Waals surface area contributed by atoms with Gasteiger partial charge < -0.3 is 14.8 Å². The first-order valence-corrected chi connectivity index (χ1v) is 12.3. The summed E-state index contributed by atoms with van der Waals surface area (Å²) >= 11 is 0. The highest BCUT2D eigenvalue weighted by molar-refractivity contribution is 6.16. The highest BCUT2D eigenvalue weighted by atomic mass is 19.4. The van der Waals surface area contributed by atoms with Crippen molar-refractivity contribution < 1.29 is 40.6 Å². The molecule has 12 heteroatoms. The van der Waals surface area contributed by atoms with Crippen molar-refractivity contribution in [1.82, 2.24) is 10.2 Å². The lowest BCUT2D eigenvalue weighted by molar-refractivity contribution is -0.143. The molecule has 4 aromatic carbocycles. The molecule has 0 bridgehead atoms. The Morgan fingerprint density at radius 3 is 2.39 bits per heavy atom. The fraction of sp³-hybridized carbons (Fsp3) is 0.172. The standard InChI is InChI=1S/C29H21F6N3O3/c1-2-40-24-12-8-16-5-3-4-6-20(16)25(24)27(39)36-26-21-14-19(10-11-23(21)37-38-26)41-15-17-7-9-18(28(30,31)32)13-22(17)29(33,34)35/h3-14H,2,15H2,1H3,(H2,36,37,38,39). The second-order valence-corrected chi connectivity index (χ2v) is 8.98. The number of rotatable bonds is 7. The Hall–Kier alpha value is -4.74. The fourth-order valence-corrected chi connectivity index (χ4v) is 4.41. The molecule has 0 atom stereocenters. The van der Waals surface area contributed by atoms with Crippen LogP contribution in [0.4, 0.5) is 32.2 Å². The number of ether oxygens (including phenoxy) is 2. The molecule has 0 spiro atoms. The number of fused-ring (bicyclic) bond motifs is 2. The summed E-state index contributed by atoms with van der Waals surface area (Å²) < 4.78 is 90.7. The minimum atomic E-state index is -5.02. The summed E-state index contributed by atoms with van der Waals surface area (Å²) in [5, 5.41) is 11.6. The quantitative estimate of drug-likeness (QED) is 0.194. The lowest BCUT2D eigenvalue weighted by atomic mass is 10.0. The maximum Gasteiger partial charge on any atom is 0.416 e. The predicted molar refractivity (Wildman–Crippen MR) is 140 cm³/mol. The van der Waals surface area contributed by atoms with Gasteiger partial charge in [-0.2, -0.15) is 31.4 Å². The largest absolute Gasteiger partial charge is 0.493 e. The third-order valence-electron chi connectivity index (χ3n) is 6.32. The van der Waals surface area contributed by atoms with E-state index in [1.165, 1.54) is 12.1 Å². The van der Waals surface area contributed by atoms with Gasteiger partial charge in [0.2, 0.25) is 0 Å². The number of halogens is 6. The second kappa shape index (κ2) is 10.7. The van der Waals surface area contributed by atoms with Crippen LogP contribution < -0.4 is 14.8 Å². The predicted octanol–water partition coefficient (Wildman–Crippen LogP) is 7.98. The Labute approximate surface area is 228 Å². The Bertz CT molecular complexity index is 1740. The first kappa shape index (κ1) is 27.8. The van der Waals surface area contributed by atoms with Crippen molar-refractivity contribution in [2.75, 3.05) is 11.9 Å². The molecule has 212 valence electrons. The van der Waals surface area contributed by atoms with Crippen molar-refractivity contribution in [3.05, 3.63) is 95.1 Å². The van der Waals surface area contributed by atoms with Crippen molar-refractivity contribution in [2.24, 2.45) is 0 Å². The number of aromatic amines is 1. The molecule has 0 radical (unpaired) electrons. The average molecular weight is 573 g/mol. The minimum absolute atomic E-state index is 0.0649. The number of carbonyl (C=O) groups excluding carboxylic acids is 1. The molecule has 0 saturated carbocycles. The third kappa shape index (κ3) is 5.76. The van der Waals surface area contributed by atoms with Crippen LogP contribution in [0, 0.1) is 0 Å². The van der Waals surface area contributed by atoms with Crippen LogP contribution in [-0.2, 0) is 19.0 Å². The number of H-pyrrole nitrogens is 1. The summed E-state index contributed by atoms with van der Waals surface area (Å²) in [4.78, 5) is 13.4. The molecule has 2 N–H and O–H groups in total.